The van der Waals surface area contributed by atoms with Crippen molar-refractivity contribution in [3.63, 3.8) is 0 Å². The summed E-state index contributed by atoms with van der Waals surface area (Å²) in [5, 5.41) is 0. The van der Waals surface area contributed by atoms with Crippen molar-refractivity contribution in [1.82, 2.24) is 0 Å². The molecule has 0 bridgehead atoms. The molecule has 110 valence electrons. The molecule has 2 atom stereocenters. The van der Waals surface area contributed by atoms with Gasteiger partial charge in [0.25, 0.3) is 0 Å². The van der Waals surface area contributed by atoms with Gasteiger partial charge in [0.1, 0.15) is 0 Å². The van der Waals surface area contributed by atoms with Gasteiger partial charge in [-0.05, 0) is 0 Å². The zero-order valence-electron chi connectivity index (χ0n) is 12.4. The molecule has 0 N–H and O–H groups in total. The van der Waals surface area contributed by atoms with Gasteiger partial charge in [0.2, 0.25) is 0 Å². The first kappa shape index (κ1) is 14.7. The van der Waals surface area contributed by atoms with Crippen LogP contribution in [0, 0.1) is 0 Å². The third-order valence-electron chi connectivity index (χ3n) is 5.66. The number of halogens is 1. The fourth-order valence-corrected chi connectivity index (χ4v) is 20.1. The summed E-state index contributed by atoms with van der Waals surface area (Å²) in [7, 11) is 0. The predicted molar refractivity (Wildman–Crippen MR) is 93.3 cm³/mol. The van der Waals surface area contributed by atoms with Gasteiger partial charge in [0.05, 0.1) is 0 Å². The van der Waals surface area contributed by atoms with Crippen molar-refractivity contribution < 1.29 is 20.3 Å². The molecule has 0 amide bonds. The van der Waals surface area contributed by atoms with Gasteiger partial charge in [-0.2, -0.15) is 0 Å². The van der Waals surface area contributed by atoms with E-state index < -0.39 is 20.3 Å². The number of hydrogen-bond donors (Lipinski definition) is 0. The first-order valence-electron chi connectivity index (χ1n) is 7.93. The SMILES string of the molecule is C1=C[CH]([Zr]2([CH]3C=Cc4ccccc43)[CH2][CH2]2)c2ccccc21.Cl. The van der Waals surface area contributed by atoms with Crippen LogP contribution in [0.4, 0.5) is 0 Å². The maximum absolute atomic E-state index is 2.54. The molecule has 1 heterocycles. The van der Waals surface area contributed by atoms with Crippen LogP contribution in [0.1, 0.15) is 29.5 Å². The maximum Gasteiger partial charge on any atom is -0.147 e. The van der Waals surface area contributed by atoms with Gasteiger partial charge >= 0.3 is 131 Å². The molecule has 0 radical (unpaired) electrons. The maximum atomic E-state index is 2.54. The summed E-state index contributed by atoms with van der Waals surface area (Å²) >= 11 is -2.13. The third-order valence-corrected chi connectivity index (χ3v) is 18.3. The van der Waals surface area contributed by atoms with Crippen LogP contribution in [0.2, 0.25) is 8.26 Å². The van der Waals surface area contributed by atoms with E-state index in [-0.39, 0.29) is 12.4 Å². The minimum Gasteiger partial charge on any atom is -0.147 e. The second kappa shape index (κ2) is 5.32. The number of allylic oxidation sites excluding steroid dienone is 2. The minimum atomic E-state index is -2.13. The first-order chi connectivity index (χ1) is 10.4. The molecule has 2 aliphatic carbocycles. The third kappa shape index (κ3) is 1.99. The molecule has 5 rings (SSSR count). The van der Waals surface area contributed by atoms with Crippen molar-refractivity contribution in [3.8, 4) is 0 Å². The monoisotopic (exact) mass is 384 g/mol. The van der Waals surface area contributed by atoms with Crippen LogP contribution in [-0.4, -0.2) is 0 Å². The van der Waals surface area contributed by atoms with Crippen LogP contribution in [0.5, 0.6) is 0 Å². The van der Waals surface area contributed by atoms with E-state index in [2.05, 4.69) is 72.8 Å². The van der Waals surface area contributed by atoms with E-state index in [1.807, 2.05) is 0 Å². The van der Waals surface area contributed by atoms with Crippen molar-refractivity contribution in [1.29, 1.82) is 0 Å². The second-order valence-corrected chi connectivity index (χ2v) is 18.2. The Morgan fingerprint density at radius 3 is 1.59 bits per heavy atom. The molecule has 2 aromatic carbocycles. The number of fused-ring (bicyclic) bond motifs is 2. The quantitative estimate of drug-likeness (QED) is 0.599. The first-order valence-corrected chi connectivity index (χ1v) is 14.2. The molecule has 0 aromatic heterocycles. The van der Waals surface area contributed by atoms with Crippen molar-refractivity contribution in [2.45, 2.75) is 15.5 Å². The zero-order valence-corrected chi connectivity index (χ0v) is 15.7. The van der Waals surface area contributed by atoms with Crippen molar-refractivity contribution in [3.05, 3.63) is 82.9 Å². The van der Waals surface area contributed by atoms with Crippen LogP contribution in [0.15, 0.2) is 60.7 Å². The standard InChI is InChI=1S/2C9H7.C2H4.ClH.Zr/c2*1-2-5-9-7-3-6-8(9)4-1;1-2;;/h2*1-7H;1-2H2;1H;. The van der Waals surface area contributed by atoms with Gasteiger partial charge < -0.3 is 0 Å². The van der Waals surface area contributed by atoms with Gasteiger partial charge in [0.15, 0.2) is 0 Å². The van der Waals surface area contributed by atoms with E-state index in [0.717, 1.165) is 7.25 Å². The zero-order chi connectivity index (χ0) is 13.9. The van der Waals surface area contributed by atoms with Crippen LogP contribution >= 0.6 is 12.4 Å². The van der Waals surface area contributed by atoms with Crippen LogP contribution in [0.3, 0.4) is 0 Å². The molecule has 1 saturated heterocycles. The summed E-state index contributed by atoms with van der Waals surface area (Å²) in [4.78, 5) is 0. The Bertz CT molecular complexity index is 722. The van der Waals surface area contributed by atoms with E-state index in [4.69, 9.17) is 0 Å². The Morgan fingerprint density at radius 1 is 0.682 bits per heavy atom. The largest absolute Gasteiger partial charge is 0.147 e. The van der Waals surface area contributed by atoms with E-state index >= 15 is 0 Å². The second-order valence-electron chi connectivity index (χ2n) is 6.66. The Hall–Kier alpha value is -0.907. The smallest absolute Gasteiger partial charge is 0.147 e. The normalized spacial score (nSPS) is 25.5. The van der Waals surface area contributed by atoms with Crippen LogP contribution in [0.25, 0.3) is 12.2 Å². The van der Waals surface area contributed by atoms with Gasteiger partial charge in [0, 0.05) is 0 Å². The molecule has 2 heteroatoms. The molecule has 0 spiro atoms. The Balaban J connectivity index is 0.00000125. The van der Waals surface area contributed by atoms with Gasteiger partial charge in [-0.15, -0.1) is 12.4 Å². The van der Waals surface area contributed by atoms with Gasteiger partial charge in [-0.3, -0.25) is 0 Å². The number of hydrogen-bond acceptors (Lipinski definition) is 0. The minimum absolute atomic E-state index is 0. The average Bonchev–Trinajstić information content (AvgIpc) is 3.03. The molecule has 1 aliphatic heterocycles. The van der Waals surface area contributed by atoms with Crippen molar-refractivity contribution >= 4 is 24.6 Å². The van der Waals surface area contributed by atoms with E-state index in [9.17, 15) is 0 Å². The molecule has 3 aliphatic rings. The summed E-state index contributed by atoms with van der Waals surface area (Å²) < 4.78 is 4.72. The Morgan fingerprint density at radius 2 is 1.14 bits per heavy atom. The number of benzene rings is 2. The van der Waals surface area contributed by atoms with E-state index in [1.165, 1.54) is 11.1 Å². The van der Waals surface area contributed by atoms with Crippen molar-refractivity contribution in [2.24, 2.45) is 0 Å². The Kier molecular flexibility index (Phi) is 3.55. The van der Waals surface area contributed by atoms with E-state index in [0.29, 0.717) is 0 Å². The summed E-state index contributed by atoms with van der Waals surface area (Å²) in [5.41, 5.74) is 6.20. The molecule has 0 saturated carbocycles. The fourth-order valence-electron chi connectivity index (χ4n) is 4.46. The predicted octanol–water partition coefficient (Wildman–Crippen LogP) is 5.95. The topological polar surface area (TPSA) is 0 Å². The van der Waals surface area contributed by atoms with E-state index in [1.54, 1.807) is 19.4 Å². The molecule has 2 unspecified atom stereocenters. The van der Waals surface area contributed by atoms with Gasteiger partial charge in [-0.1, -0.05) is 0 Å². The molecular formula is C20H19ClZr. The van der Waals surface area contributed by atoms with Crippen LogP contribution in [-0.2, 0) is 20.3 Å². The molecule has 22 heavy (non-hydrogen) atoms. The Labute approximate surface area is 142 Å². The molecular weight excluding hydrogens is 367 g/mol. The summed E-state index contributed by atoms with van der Waals surface area (Å²) in [6.07, 6.45) is 9.84. The molecule has 2 aromatic rings. The summed E-state index contributed by atoms with van der Waals surface area (Å²) in [5.74, 6) is 0. The van der Waals surface area contributed by atoms with Crippen molar-refractivity contribution in [2.75, 3.05) is 0 Å². The molecule has 0 nitrogen and oxygen atoms in total. The fraction of sp³-hybridized carbons (Fsp3) is 0.200. The summed E-state index contributed by atoms with van der Waals surface area (Å²) in [6.45, 7) is 0. The average molecular weight is 386 g/mol. The number of rotatable bonds is 2. The molecule has 1 fully saturated rings. The van der Waals surface area contributed by atoms with Crippen LogP contribution < -0.4 is 0 Å². The van der Waals surface area contributed by atoms with Gasteiger partial charge in [-0.25, -0.2) is 0 Å². The summed E-state index contributed by atoms with van der Waals surface area (Å²) in [6, 6.07) is 18.1.